The van der Waals surface area contributed by atoms with Crippen LogP contribution in [0.2, 0.25) is 10.0 Å². The summed E-state index contributed by atoms with van der Waals surface area (Å²) in [6.07, 6.45) is 1.64. The number of alkyl halides is 3. The number of aromatic nitrogens is 5. The maximum atomic E-state index is 14.3. The minimum Gasteiger partial charge on any atom is -0.480 e. The van der Waals surface area contributed by atoms with E-state index in [0.717, 1.165) is 61.1 Å². The third kappa shape index (κ3) is 14.0. The molecule has 60 heavy (non-hydrogen) atoms. The van der Waals surface area contributed by atoms with Gasteiger partial charge in [-0.2, -0.15) is 13.5 Å². The summed E-state index contributed by atoms with van der Waals surface area (Å²) >= 11 is 19.6. The highest BCUT2D eigenvalue weighted by molar-refractivity contribution is 8.00. The molecule has 0 spiro atoms. The van der Waals surface area contributed by atoms with Crippen LogP contribution in [0.1, 0.15) is 37.2 Å². The van der Waals surface area contributed by atoms with E-state index in [-0.39, 0.29) is 61.3 Å². The molecule has 330 valence electrons. The summed E-state index contributed by atoms with van der Waals surface area (Å²) in [5.41, 5.74) is 3.63. The molecule has 5 N–H and O–H groups in total. The topological polar surface area (TPSA) is 243 Å². The first-order valence-corrected chi connectivity index (χ1v) is 22.4. The van der Waals surface area contributed by atoms with Crippen molar-refractivity contribution >= 4 is 88.9 Å². The van der Waals surface area contributed by atoms with Crippen molar-refractivity contribution in [2.45, 2.75) is 68.6 Å². The van der Waals surface area contributed by atoms with Crippen LogP contribution < -0.4 is 21.1 Å². The lowest BCUT2D eigenvalue weighted by molar-refractivity contribution is -0.139. The Morgan fingerprint density at radius 1 is 1.05 bits per heavy atom. The number of rotatable bonds is 13. The maximum absolute atomic E-state index is 14.3. The molecular weight excluding hydrogens is 932 g/mol. The second-order valence-electron chi connectivity index (χ2n) is 12.6. The maximum Gasteiger partial charge on any atom is 0.355 e. The smallest absolute Gasteiger partial charge is 0.355 e. The van der Waals surface area contributed by atoms with Crippen LogP contribution in [0.4, 0.5) is 23.2 Å². The van der Waals surface area contributed by atoms with Gasteiger partial charge in [0.2, 0.25) is 4.80 Å². The summed E-state index contributed by atoms with van der Waals surface area (Å²) in [6, 6.07) is 3.50. The zero-order chi connectivity index (χ0) is 45.2. The molecule has 27 heteroatoms. The molecular formula is C33H37Cl3F4N7O10PS2. The third-order valence-corrected chi connectivity index (χ3v) is 12.1. The third-order valence-electron chi connectivity index (χ3n) is 8.04. The zero-order valence-corrected chi connectivity index (χ0v) is 36.4. The quantitative estimate of drug-likeness (QED) is 0.0441. The van der Waals surface area contributed by atoms with Crippen LogP contribution in [0, 0.1) is 18.6 Å². The summed E-state index contributed by atoms with van der Waals surface area (Å²) in [7, 11) is -1.81. The number of halogens is 7. The Morgan fingerprint density at radius 3 is 2.22 bits per heavy atom. The van der Waals surface area contributed by atoms with Crippen LogP contribution in [0.15, 0.2) is 43.7 Å². The van der Waals surface area contributed by atoms with Gasteiger partial charge in [-0.25, -0.2) is 27.8 Å². The Hall–Kier alpha value is -3.96. The number of carbonyl (C=O) groups excluding carboxylic acids is 1. The van der Waals surface area contributed by atoms with E-state index in [2.05, 4.69) is 14.8 Å². The molecule has 3 atom stereocenters. The predicted octanol–water partition coefficient (Wildman–Crippen LogP) is 5.25. The van der Waals surface area contributed by atoms with Crippen LogP contribution in [0.5, 0.6) is 0 Å². The number of aryl methyl sites for hydroxylation is 1. The Kier molecular flexibility index (Phi) is 18.7. The summed E-state index contributed by atoms with van der Waals surface area (Å²) in [6.45, 7) is 0.533. The first-order chi connectivity index (χ1) is 27.9. The molecule has 4 aromatic rings. The molecule has 3 heterocycles. The van der Waals surface area contributed by atoms with Gasteiger partial charge in [-0.15, -0.1) is 28.5 Å². The zero-order valence-electron chi connectivity index (χ0n) is 31.6. The number of fused-ring (bicyclic) bond motifs is 1. The largest absolute Gasteiger partial charge is 0.480 e. The molecule has 1 aliphatic rings. The number of benzene rings is 2. The average molecular weight is 969 g/mol. The summed E-state index contributed by atoms with van der Waals surface area (Å²) in [5, 5.41) is 19.5. The monoisotopic (exact) mass is 967 g/mol. The van der Waals surface area contributed by atoms with Crippen LogP contribution in [0.25, 0.3) is 5.69 Å². The van der Waals surface area contributed by atoms with Gasteiger partial charge < -0.3 is 25.6 Å². The normalized spacial score (nSPS) is 14.5. The van der Waals surface area contributed by atoms with Gasteiger partial charge in [0.1, 0.15) is 34.4 Å². The first-order valence-electron chi connectivity index (χ1n) is 17.1. The number of nitrogens with zero attached hydrogens (tertiary/aromatic N) is 6. The lowest BCUT2D eigenvalue weighted by Gasteiger charge is -2.15. The van der Waals surface area contributed by atoms with Crippen LogP contribution >= 0.6 is 65.3 Å². The Labute approximate surface area is 360 Å². The van der Waals surface area contributed by atoms with Crippen molar-refractivity contribution in [1.29, 1.82) is 0 Å². The Bertz CT molecular complexity index is 2460. The highest BCUT2D eigenvalue weighted by atomic mass is 35.5. The highest BCUT2D eigenvalue weighted by Gasteiger charge is 2.23. The van der Waals surface area contributed by atoms with Gasteiger partial charge >= 0.3 is 35.0 Å². The number of aliphatic carboxylic acids is 2. The number of carboxylic acid groups (broad SMARTS) is 2. The second kappa shape index (κ2) is 22.2. The predicted molar refractivity (Wildman–Crippen MR) is 216 cm³/mol. The van der Waals surface area contributed by atoms with Crippen molar-refractivity contribution in [2.24, 2.45) is 10.7 Å². The van der Waals surface area contributed by atoms with Gasteiger partial charge in [0.25, 0.3) is 0 Å². The number of hydrogen-bond acceptors (Lipinski definition) is 12. The number of ether oxygens (including phenoxy) is 1. The van der Waals surface area contributed by atoms with E-state index < -0.39 is 66.3 Å². The van der Waals surface area contributed by atoms with E-state index in [4.69, 9.17) is 55.6 Å². The molecule has 2 aromatic carbocycles. The molecule has 0 bridgehead atoms. The standard InChI is InChI=1S/C15H15ClFN3O3S2.C13H10Cl2F3N3O3.C5H12NO4P/c1-23-13(21)8-24-12-7-11(10(17)6-9(12)16)18-14-19-4-2-3-5-20(19)15(22)25-14;1-5-19-21(13(24)20(5)12(17)18)10-3-6(2-8(15)11(22)23)7(14)4-9(10)16;1-11(9,10)3-2-4(6)5(7)8/h6-7H,2-5,8H2,1H3;3-4,8,12H,2H2,1H3,(H,22,23);4H,2-3,6H2,1H3,(H,7,8)(H,9,10). The van der Waals surface area contributed by atoms with Gasteiger partial charge in [0.05, 0.1) is 17.9 Å². The first kappa shape index (κ1) is 50.4. The van der Waals surface area contributed by atoms with E-state index in [1.807, 2.05) is 0 Å². The van der Waals surface area contributed by atoms with E-state index in [0.29, 0.717) is 27.5 Å². The summed E-state index contributed by atoms with van der Waals surface area (Å²) in [4.78, 5) is 70.2. The molecule has 0 saturated carbocycles. The lowest BCUT2D eigenvalue weighted by atomic mass is 10.1. The van der Waals surface area contributed by atoms with Crippen LogP contribution in [0.3, 0.4) is 0 Å². The Morgan fingerprint density at radius 2 is 1.67 bits per heavy atom. The average Bonchev–Trinajstić information content (AvgIpc) is 3.65. The molecule has 0 saturated heterocycles. The van der Waals surface area contributed by atoms with Crippen molar-refractivity contribution in [1.82, 2.24) is 23.7 Å². The minimum absolute atomic E-state index is 0.0412. The molecule has 0 fully saturated rings. The van der Waals surface area contributed by atoms with E-state index in [1.54, 1.807) is 9.36 Å². The Balaban J connectivity index is 0.000000259. The van der Waals surface area contributed by atoms with Gasteiger partial charge in [-0.1, -0.05) is 23.2 Å². The van der Waals surface area contributed by atoms with Crippen molar-refractivity contribution in [3.05, 3.63) is 82.3 Å². The summed E-state index contributed by atoms with van der Waals surface area (Å²) in [5.74, 6) is -4.67. The number of esters is 1. The highest BCUT2D eigenvalue weighted by Crippen LogP contribution is 2.36. The second-order valence-corrected chi connectivity index (χ2v) is 18.4. The van der Waals surface area contributed by atoms with Gasteiger partial charge in [0.15, 0.2) is 13.2 Å². The van der Waals surface area contributed by atoms with E-state index in [9.17, 15) is 46.1 Å². The van der Waals surface area contributed by atoms with Gasteiger partial charge in [-0.05, 0) is 67.4 Å². The molecule has 1 aliphatic heterocycles. The molecule has 3 unspecified atom stereocenters. The van der Waals surface area contributed by atoms with Crippen molar-refractivity contribution < 1.29 is 56.4 Å². The number of thioether (sulfide) groups is 1. The van der Waals surface area contributed by atoms with Crippen molar-refractivity contribution in [3.8, 4) is 5.69 Å². The molecule has 17 nitrogen and oxygen atoms in total. The SMILES string of the molecule is COC(=O)CSc1cc(N=c2sc(=O)n3n2CCCC3)c(F)cc1Cl.CP(=O)(O)CCC(N)C(=O)O.Cc1nn(-c2cc(CC(Cl)C(=O)O)c(Cl)cc2F)c(=O)n1C(F)F. The van der Waals surface area contributed by atoms with Crippen LogP contribution in [-0.2, 0) is 43.2 Å². The van der Waals surface area contributed by atoms with Gasteiger partial charge in [0, 0.05) is 42.3 Å². The van der Waals surface area contributed by atoms with E-state index in [1.165, 1.54) is 19.8 Å². The lowest BCUT2D eigenvalue weighted by Crippen LogP contribution is -2.31. The molecule has 0 amide bonds. The van der Waals surface area contributed by atoms with Crippen molar-refractivity contribution in [2.75, 3.05) is 25.7 Å². The number of methoxy groups -OCH3 is 1. The fourth-order valence-electron chi connectivity index (χ4n) is 4.97. The molecule has 5 rings (SSSR count). The fraction of sp³-hybridized carbons (Fsp3) is 0.424. The van der Waals surface area contributed by atoms with Crippen LogP contribution in [-0.4, -0.2) is 93.8 Å². The summed E-state index contributed by atoms with van der Waals surface area (Å²) < 4.78 is 73.2. The van der Waals surface area contributed by atoms with Crippen molar-refractivity contribution in [3.63, 3.8) is 0 Å². The fourth-order valence-corrected chi connectivity index (χ4v) is 8.11. The molecule has 2 aromatic heterocycles. The van der Waals surface area contributed by atoms with E-state index >= 15 is 0 Å². The molecule has 0 radical (unpaired) electrons. The number of carbonyl (C=O) groups is 3. The number of hydrogen-bond donors (Lipinski definition) is 4. The number of nitrogens with two attached hydrogens (primary N) is 1. The number of carboxylic acids is 2. The van der Waals surface area contributed by atoms with Gasteiger partial charge in [-0.3, -0.25) is 28.4 Å². The molecule has 0 aliphatic carbocycles. The minimum atomic E-state index is -3.14.